The van der Waals surface area contributed by atoms with Crippen molar-refractivity contribution in [3.8, 4) is 5.75 Å². The summed E-state index contributed by atoms with van der Waals surface area (Å²) in [4.78, 5) is 29.1. The SMILES string of the molecule is C=CCn1c(N/N=C(/C)c2ccc(O)cc2)nc2c1c(=O)n(C)c(=O)n2C. The van der Waals surface area contributed by atoms with Crippen molar-refractivity contribution in [2.24, 2.45) is 19.2 Å². The van der Waals surface area contributed by atoms with Crippen molar-refractivity contribution >= 4 is 22.8 Å². The highest BCUT2D eigenvalue weighted by molar-refractivity contribution is 5.99. The van der Waals surface area contributed by atoms with Gasteiger partial charge in [0.05, 0.1) is 5.71 Å². The fourth-order valence-corrected chi connectivity index (χ4v) is 2.74. The third kappa shape index (κ3) is 3.14. The first-order valence-corrected chi connectivity index (χ1v) is 8.22. The van der Waals surface area contributed by atoms with Crippen LogP contribution in [0.3, 0.4) is 0 Å². The van der Waals surface area contributed by atoms with Gasteiger partial charge in [0.1, 0.15) is 5.75 Å². The van der Waals surface area contributed by atoms with Gasteiger partial charge in [-0.2, -0.15) is 10.1 Å². The molecule has 0 spiro atoms. The summed E-state index contributed by atoms with van der Waals surface area (Å²) in [5.41, 5.74) is 4.01. The number of benzene rings is 1. The van der Waals surface area contributed by atoms with Crippen LogP contribution < -0.4 is 16.7 Å². The van der Waals surface area contributed by atoms with Crippen LogP contribution in [0.4, 0.5) is 5.95 Å². The van der Waals surface area contributed by atoms with Gasteiger partial charge in [0.25, 0.3) is 5.56 Å². The van der Waals surface area contributed by atoms with Crippen LogP contribution in [0.15, 0.2) is 51.6 Å². The summed E-state index contributed by atoms with van der Waals surface area (Å²) in [6, 6.07) is 6.62. The van der Waals surface area contributed by atoms with Crippen LogP contribution in [-0.4, -0.2) is 29.5 Å². The van der Waals surface area contributed by atoms with E-state index in [1.165, 1.54) is 11.6 Å². The number of aromatic nitrogens is 4. The quantitative estimate of drug-likeness (QED) is 0.399. The summed E-state index contributed by atoms with van der Waals surface area (Å²) >= 11 is 0. The molecule has 0 saturated carbocycles. The van der Waals surface area contributed by atoms with Gasteiger partial charge in [-0.05, 0) is 36.8 Å². The number of hydrogen-bond acceptors (Lipinski definition) is 6. The number of rotatable bonds is 5. The molecule has 3 aromatic rings. The van der Waals surface area contributed by atoms with Crippen LogP contribution in [0.5, 0.6) is 5.75 Å². The molecule has 27 heavy (non-hydrogen) atoms. The third-order valence-electron chi connectivity index (χ3n) is 4.27. The van der Waals surface area contributed by atoms with Crippen LogP contribution in [0.1, 0.15) is 12.5 Å². The van der Waals surface area contributed by atoms with Crippen molar-refractivity contribution in [1.29, 1.82) is 0 Å². The van der Waals surface area contributed by atoms with E-state index in [0.717, 1.165) is 10.1 Å². The van der Waals surface area contributed by atoms with Gasteiger partial charge in [-0.15, -0.1) is 6.58 Å². The highest BCUT2D eigenvalue weighted by Gasteiger charge is 2.18. The zero-order valence-electron chi connectivity index (χ0n) is 15.3. The second-order valence-electron chi connectivity index (χ2n) is 6.07. The minimum atomic E-state index is -0.453. The summed E-state index contributed by atoms with van der Waals surface area (Å²) in [5.74, 6) is 0.491. The Balaban J connectivity index is 2.11. The van der Waals surface area contributed by atoms with Gasteiger partial charge in [0.15, 0.2) is 11.2 Å². The summed E-state index contributed by atoms with van der Waals surface area (Å²) in [6.07, 6.45) is 1.63. The molecule has 140 valence electrons. The van der Waals surface area contributed by atoms with Gasteiger partial charge in [0.2, 0.25) is 5.95 Å². The molecule has 2 aromatic heterocycles. The second kappa shape index (κ2) is 6.94. The van der Waals surface area contributed by atoms with E-state index in [1.807, 2.05) is 0 Å². The van der Waals surface area contributed by atoms with Crippen molar-refractivity contribution in [3.63, 3.8) is 0 Å². The molecule has 0 aliphatic carbocycles. The van der Waals surface area contributed by atoms with Crippen LogP contribution in [0.25, 0.3) is 11.2 Å². The van der Waals surface area contributed by atoms with Gasteiger partial charge in [0, 0.05) is 20.6 Å². The highest BCUT2D eigenvalue weighted by atomic mass is 16.3. The van der Waals surface area contributed by atoms with E-state index in [9.17, 15) is 14.7 Å². The molecule has 0 bridgehead atoms. The highest BCUT2D eigenvalue weighted by Crippen LogP contribution is 2.16. The smallest absolute Gasteiger partial charge is 0.332 e. The molecule has 0 unspecified atom stereocenters. The number of anilines is 1. The van der Waals surface area contributed by atoms with Gasteiger partial charge in [-0.25, -0.2) is 10.2 Å². The van der Waals surface area contributed by atoms with Crippen LogP contribution in [0.2, 0.25) is 0 Å². The Morgan fingerprint density at radius 1 is 1.26 bits per heavy atom. The predicted molar refractivity (Wildman–Crippen MR) is 104 cm³/mol. The lowest BCUT2D eigenvalue weighted by molar-refractivity contribution is 0.475. The third-order valence-corrected chi connectivity index (χ3v) is 4.27. The average molecular weight is 368 g/mol. The van der Waals surface area contributed by atoms with Crippen LogP contribution in [0, 0.1) is 0 Å². The molecule has 3 rings (SSSR count). The first kappa shape index (κ1) is 18.2. The van der Waals surface area contributed by atoms with Gasteiger partial charge in [-0.1, -0.05) is 6.08 Å². The number of nitrogens with zero attached hydrogens (tertiary/aromatic N) is 5. The average Bonchev–Trinajstić information content (AvgIpc) is 3.02. The lowest BCUT2D eigenvalue weighted by Crippen LogP contribution is -2.37. The number of phenolic OH excluding ortho intramolecular Hbond substituents is 1. The molecule has 0 radical (unpaired) electrons. The summed E-state index contributed by atoms with van der Waals surface area (Å²) in [5, 5.41) is 13.7. The lowest BCUT2D eigenvalue weighted by Gasteiger charge is -2.07. The topological polar surface area (TPSA) is 106 Å². The minimum absolute atomic E-state index is 0.170. The maximum Gasteiger partial charge on any atom is 0.332 e. The number of hydrazone groups is 1. The Labute approximate surface area is 154 Å². The zero-order chi connectivity index (χ0) is 19.7. The number of allylic oxidation sites excluding steroid dienone is 1. The normalized spacial score (nSPS) is 11.7. The first-order chi connectivity index (χ1) is 12.8. The Hall–Kier alpha value is -3.62. The number of hydrogen-bond donors (Lipinski definition) is 2. The maximum atomic E-state index is 12.6. The molecule has 0 saturated heterocycles. The Morgan fingerprint density at radius 2 is 1.93 bits per heavy atom. The molecule has 9 heteroatoms. The Morgan fingerprint density at radius 3 is 2.56 bits per heavy atom. The molecule has 0 aliphatic heterocycles. The molecule has 0 amide bonds. The summed E-state index contributed by atoms with van der Waals surface area (Å²) in [7, 11) is 2.99. The van der Waals surface area contributed by atoms with Crippen molar-refractivity contribution in [1.82, 2.24) is 18.7 Å². The molecule has 0 aliphatic rings. The van der Waals surface area contributed by atoms with Crippen LogP contribution >= 0.6 is 0 Å². The largest absolute Gasteiger partial charge is 0.508 e. The lowest BCUT2D eigenvalue weighted by atomic mass is 10.1. The van der Waals surface area contributed by atoms with Crippen molar-refractivity contribution < 1.29 is 5.11 Å². The molecule has 9 nitrogen and oxygen atoms in total. The van der Waals surface area contributed by atoms with Gasteiger partial charge >= 0.3 is 5.69 Å². The summed E-state index contributed by atoms with van der Waals surface area (Å²) < 4.78 is 3.98. The van der Waals surface area contributed by atoms with Gasteiger partial charge < -0.3 is 5.11 Å². The number of aromatic hydroxyl groups is 1. The first-order valence-electron chi connectivity index (χ1n) is 8.22. The minimum Gasteiger partial charge on any atom is -0.508 e. The van der Waals surface area contributed by atoms with E-state index >= 15 is 0 Å². The van der Waals surface area contributed by atoms with Crippen molar-refractivity contribution in [2.75, 3.05) is 5.43 Å². The van der Waals surface area contributed by atoms with Crippen molar-refractivity contribution in [3.05, 3.63) is 63.3 Å². The van der Waals surface area contributed by atoms with E-state index in [1.54, 1.807) is 48.9 Å². The fraction of sp³-hybridized carbons (Fsp3) is 0.222. The standard InChI is InChI=1S/C18H20N6O3/c1-5-10-24-14-15(22(3)18(27)23(4)16(14)26)19-17(24)21-20-11(2)12-6-8-13(25)9-7-12/h5-9,25H,1,10H2,2-4H3,(H,19,21)/b20-11-. The fourth-order valence-electron chi connectivity index (χ4n) is 2.74. The number of aryl methyl sites for hydroxylation is 1. The molecule has 0 fully saturated rings. The van der Waals surface area contributed by atoms with Crippen LogP contribution in [-0.2, 0) is 20.6 Å². The molecular formula is C18H20N6O3. The Kier molecular flexibility index (Phi) is 4.68. The van der Waals surface area contributed by atoms with E-state index in [2.05, 4.69) is 22.1 Å². The molecule has 2 heterocycles. The maximum absolute atomic E-state index is 12.6. The Bertz CT molecular complexity index is 1170. The van der Waals surface area contributed by atoms with E-state index < -0.39 is 11.2 Å². The number of fused-ring (bicyclic) bond motifs is 1. The van der Waals surface area contributed by atoms with E-state index in [0.29, 0.717) is 23.7 Å². The number of phenols is 1. The monoisotopic (exact) mass is 368 g/mol. The molecular weight excluding hydrogens is 348 g/mol. The van der Waals surface area contributed by atoms with Crippen molar-refractivity contribution in [2.45, 2.75) is 13.5 Å². The zero-order valence-corrected chi connectivity index (χ0v) is 15.3. The predicted octanol–water partition coefficient (Wildman–Crippen LogP) is 1.16. The number of nitrogens with one attached hydrogen (secondary N) is 1. The molecule has 1 aromatic carbocycles. The van der Waals surface area contributed by atoms with E-state index in [4.69, 9.17) is 0 Å². The second-order valence-corrected chi connectivity index (χ2v) is 6.07. The summed E-state index contributed by atoms with van der Waals surface area (Å²) in [6.45, 7) is 5.83. The van der Waals surface area contributed by atoms with Gasteiger partial charge in [-0.3, -0.25) is 18.5 Å². The molecule has 2 N–H and O–H groups in total. The van der Waals surface area contributed by atoms with E-state index in [-0.39, 0.29) is 11.4 Å². The number of imidazole rings is 1. The molecule has 0 atom stereocenters.